The van der Waals surface area contributed by atoms with Crippen molar-refractivity contribution in [2.24, 2.45) is 0 Å². The largest absolute Gasteiger partial charge is 0.456 e. The lowest BCUT2D eigenvalue weighted by atomic mass is 10.2. The number of thiazole rings is 1. The second-order valence-corrected chi connectivity index (χ2v) is 6.87. The van der Waals surface area contributed by atoms with Crippen LogP contribution in [0.25, 0.3) is 0 Å². The maximum atomic E-state index is 12.1. The van der Waals surface area contributed by atoms with Crippen molar-refractivity contribution < 1.29 is 9.53 Å². The van der Waals surface area contributed by atoms with Crippen molar-refractivity contribution in [2.75, 3.05) is 5.32 Å². The fourth-order valence-electron chi connectivity index (χ4n) is 1.79. The van der Waals surface area contributed by atoms with Crippen molar-refractivity contribution >= 4 is 28.1 Å². The molecule has 0 spiro atoms. The summed E-state index contributed by atoms with van der Waals surface area (Å²) >= 11 is 1.32. The smallest absolute Gasteiger partial charge is 0.350 e. The molecule has 0 aliphatic heterocycles. The molecule has 0 unspecified atom stereocenters. The number of para-hydroxylation sites is 1. The summed E-state index contributed by atoms with van der Waals surface area (Å²) < 4.78 is 5.40. The Kier molecular flexibility index (Phi) is 4.32. The number of nitrogens with one attached hydrogen (secondary N) is 1. The topological polar surface area (TPSA) is 51.2 Å². The van der Waals surface area contributed by atoms with E-state index in [1.54, 1.807) is 0 Å². The number of carbonyl (C=O) groups is 1. The average Bonchev–Trinajstić information content (AvgIpc) is 2.71. The van der Waals surface area contributed by atoms with E-state index >= 15 is 0 Å². The number of carbonyl (C=O) groups excluding carboxylic acids is 1. The van der Waals surface area contributed by atoms with Crippen molar-refractivity contribution in [3.05, 3.63) is 40.4 Å². The first kappa shape index (κ1) is 15.5. The summed E-state index contributed by atoms with van der Waals surface area (Å²) in [6, 6.07) is 7.96. The minimum absolute atomic E-state index is 0.324. The summed E-state index contributed by atoms with van der Waals surface area (Å²) in [7, 11) is 0. The van der Waals surface area contributed by atoms with Crippen molar-refractivity contribution in [1.82, 2.24) is 4.98 Å². The zero-order valence-corrected chi connectivity index (χ0v) is 13.8. The summed E-state index contributed by atoms with van der Waals surface area (Å²) in [5.41, 5.74) is 2.30. The molecule has 4 nitrogen and oxygen atoms in total. The van der Waals surface area contributed by atoms with Gasteiger partial charge in [0.1, 0.15) is 10.5 Å². The molecular formula is C16H20N2O2S. The molecule has 0 aliphatic carbocycles. The zero-order chi connectivity index (χ0) is 15.6. The minimum Gasteiger partial charge on any atom is -0.456 e. The lowest BCUT2D eigenvalue weighted by molar-refractivity contribution is 0.00742. The van der Waals surface area contributed by atoms with Crippen molar-refractivity contribution in [1.29, 1.82) is 0 Å². The summed E-state index contributed by atoms with van der Waals surface area (Å²) in [6.45, 7) is 9.41. The molecule has 1 N–H and O–H groups in total. The molecule has 0 atom stereocenters. The summed E-state index contributed by atoms with van der Waals surface area (Å²) in [5.74, 6) is -0.324. The number of benzene rings is 1. The van der Waals surface area contributed by atoms with Crippen LogP contribution in [0.1, 0.15) is 41.7 Å². The number of aromatic nitrogens is 1. The molecule has 0 fully saturated rings. The fraction of sp³-hybridized carbons (Fsp3) is 0.375. The van der Waals surface area contributed by atoms with Crippen LogP contribution in [-0.2, 0) is 4.74 Å². The van der Waals surface area contributed by atoms with Crippen molar-refractivity contribution in [3.63, 3.8) is 0 Å². The Morgan fingerprint density at radius 1 is 1.24 bits per heavy atom. The lowest BCUT2D eigenvalue weighted by Gasteiger charge is -2.18. The third-order valence-electron chi connectivity index (χ3n) is 2.77. The molecule has 112 valence electrons. The first-order valence-corrected chi connectivity index (χ1v) is 7.61. The number of hydrogen-bond donors (Lipinski definition) is 1. The normalized spacial score (nSPS) is 11.3. The quantitative estimate of drug-likeness (QED) is 0.851. The maximum Gasteiger partial charge on any atom is 0.350 e. The predicted octanol–water partition coefficient (Wildman–Crippen LogP) is 4.46. The lowest BCUT2D eigenvalue weighted by Crippen LogP contribution is -2.23. The van der Waals surface area contributed by atoms with Gasteiger partial charge in [0.05, 0.1) is 5.69 Å². The standard InChI is InChI=1S/C16H20N2O2S/c1-10-8-6-7-9-12(10)18-15-17-11(2)13(21-15)14(19)20-16(3,4)5/h6-9H,1-5H3,(H,17,18). The van der Waals surface area contributed by atoms with E-state index in [-0.39, 0.29) is 5.97 Å². The molecule has 0 amide bonds. The van der Waals surface area contributed by atoms with Gasteiger partial charge in [-0.05, 0) is 46.2 Å². The molecule has 5 heteroatoms. The monoisotopic (exact) mass is 304 g/mol. The van der Waals surface area contributed by atoms with Gasteiger partial charge in [-0.15, -0.1) is 0 Å². The van der Waals surface area contributed by atoms with Gasteiger partial charge in [-0.2, -0.15) is 0 Å². The van der Waals surface area contributed by atoms with E-state index in [0.29, 0.717) is 15.7 Å². The Balaban J connectivity index is 2.20. The number of aryl methyl sites for hydroxylation is 2. The summed E-state index contributed by atoms with van der Waals surface area (Å²) in [6.07, 6.45) is 0. The first-order chi connectivity index (χ1) is 9.76. The SMILES string of the molecule is Cc1ccccc1Nc1nc(C)c(C(=O)OC(C)(C)C)s1. The van der Waals surface area contributed by atoms with Crippen LogP contribution in [0.15, 0.2) is 24.3 Å². The fourth-order valence-corrected chi connectivity index (χ4v) is 2.65. The van der Waals surface area contributed by atoms with Crippen LogP contribution in [0, 0.1) is 13.8 Å². The molecule has 2 rings (SSSR count). The zero-order valence-electron chi connectivity index (χ0n) is 13.0. The minimum atomic E-state index is -0.503. The highest BCUT2D eigenvalue weighted by Crippen LogP contribution is 2.28. The number of nitrogens with zero attached hydrogens (tertiary/aromatic N) is 1. The van der Waals surface area contributed by atoms with E-state index in [4.69, 9.17) is 4.74 Å². The molecule has 0 aliphatic rings. The molecule has 1 aromatic carbocycles. The molecule has 0 radical (unpaired) electrons. The van der Waals surface area contributed by atoms with Gasteiger partial charge in [0.15, 0.2) is 5.13 Å². The van der Waals surface area contributed by atoms with Gasteiger partial charge in [-0.1, -0.05) is 29.5 Å². The molecule has 21 heavy (non-hydrogen) atoms. The molecule has 1 heterocycles. The van der Waals surface area contributed by atoms with Gasteiger partial charge in [0, 0.05) is 5.69 Å². The molecule has 1 aromatic heterocycles. The predicted molar refractivity (Wildman–Crippen MR) is 86.5 cm³/mol. The molecule has 0 bridgehead atoms. The van der Waals surface area contributed by atoms with Crippen molar-refractivity contribution in [2.45, 2.75) is 40.2 Å². The number of esters is 1. The highest BCUT2D eigenvalue weighted by molar-refractivity contribution is 7.17. The number of ether oxygens (including phenoxy) is 1. The highest BCUT2D eigenvalue weighted by Gasteiger charge is 2.22. The summed E-state index contributed by atoms with van der Waals surface area (Å²) in [5, 5.41) is 3.95. The van der Waals surface area contributed by atoms with Crippen LogP contribution in [0.2, 0.25) is 0 Å². The van der Waals surface area contributed by atoms with Gasteiger partial charge in [-0.25, -0.2) is 9.78 Å². The second-order valence-electron chi connectivity index (χ2n) is 5.88. The maximum absolute atomic E-state index is 12.1. The van der Waals surface area contributed by atoms with Crippen LogP contribution < -0.4 is 5.32 Å². The Morgan fingerprint density at radius 2 is 1.90 bits per heavy atom. The van der Waals surface area contributed by atoms with Gasteiger partial charge in [-0.3, -0.25) is 0 Å². The highest BCUT2D eigenvalue weighted by atomic mass is 32.1. The average molecular weight is 304 g/mol. The van der Waals surface area contributed by atoms with Crippen LogP contribution in [0.4, 0.5) is 10.8 Å². The van der Waals surface area contributed by atoms with E-state index in [9.17, 15) is 4.79 Å². The third kappa shape index (κ3) is 4.04. The van der Waals surface area contributed by atoms with E-state index in [1.165, 1.54) is 11.3 Å². The molecule has 2 aromatic rings. The molecule has 0 saturated carbocycles. The van der Waals surface area contributed by atoms with Crippen LogP contribution in [0.3, 0.4) is 0 Å². The van der Waals surface area contributed by atoms with Gasteiger partial charge >= 0.3 is 5.97 Å². The van der Waals surface area contributed by atoms with Crippen LogP contribution in [-0.4, -0.2) is 16.6 Å². The van der Waals surface area contributed by atoms with Crippen LogP contribution in [0.5, 0.6) is 0 Å². The number of hydrogen-bond acceptors (Lipinski definition) is 5. The van der Waals surface area contributed by atoms with E-state index in [0.717, 1.165) is 11.3 Å². The van der Waals surface area contributed by atoms with E-state index < -0.39 is 5.60 Å². The Bertz CT molecular complexity index is 657. The second kappa shape index (κ2) is 5.85. The van der Waals surface area contributed by atoms with Gasteiger partial charge < -0.3 is 10.1 Å². The van der Waals surface area contributed by atoms with E-state index in [1.807, 2.05) is 58.9 Å². The first-order valence-electron chi connectivity index (χ1n) is 6.80. The Hall–Kier alpha value is -1.88. The Morgan fingerprint density at radius 3 is 2.52 bits per heavy atom. The molecular weight excluding hydrogens is 284 g/mol. The number of rotatable bonds is 3. The third-order valence-corrected chi connectivity index (χ3v) is 3.82. The molecule has 0 saturated heterocycles. The van der Waals surface area contributed by atoms with E-state index in [2.05, 4.69) is 10.3 Å². The Labute approximate surface area is 129 Å². The summed E-state index contributed by atoms with van der Waals surface area (Å²) in [4.78, 5) is 17.1. The number of anilines is 2. The van der Waals surface area contributed by atoms with Crippen LogP contribution >= 0.6 is 11.3 Å². The van der Waals surface area contributed by atoms with Gasteiger partial charge in [0.25, 0.3) is 0 Å². The van der Waals surface area contributed by atoms with Crippen molar-refractivity contribution in [3.8, 4) is 0 Å². The van der Waals surface area contributed by atoms with Gasteiger partial charge in [0.2, 0.25) is 0 Å².